The third-order valence-corrected chi connectivity index (χ3v) is 7.43. The van der Waals surface area contributed by atoms with Crippen LogP contribution in [-0.4, -0.2) is 65.8 Å². The molecule has 6 heteroatoms. The monoisotopic (exact) mass is 317 g/mol. The van der Waals surface area contributed by atoms with E-state index in [9.17, 15) is 0 Å². The molecule has 0 aromatic heterocycles. The van der Waals surface area contributed by atoms with E-state index in [1.165, 1.54) is 42.4 Å². The molecule has 3 fully saturated rings. The summed E-state index contributed by atoms with van der Waals surface area (Å²) in [6.45, 7) is 2.09. The van der Waals surface area contributed by atoms with Crippen LogP contribution in [-0.2, 0) is 4.74 Å². The number of ether oxygens (including phenoxy) is 1. The number of hydrogen-bond acceptors (Lipinski definition) is 6. The van der Waals surface area contributed by atoms with Gasteiger partial charge in [0.2, 0.25) is 0 Å². The smallest absolute Gasteiger partial charge is 0.0783 e. The molecule has 0 aromatic rings. The first-order valence-electron chi connectivity index (χ1n) is 7.70. The summed E-state index contributed by atoms with van der Waals surface area (Å²) >= 11 is 4.11. The van der Waals surface area contributed by atoms with Crippen LogP contribution in [0.1, 0.15) is 19.3 Å². The Morgan fingerprint density at radius 1 is 1.40 bits per heavy atom. The summed E-state index contributed by atoms with van der Waals surface area (Å²) in [5.41, 5.74) is 3.32. The van der Waals surface area contributed by atoms with Gasteiger partial charge in [0, 0.05) is 42.5 Å². The number of nitrogens with one attached hydrogen (secondary N) is 1. The standard InChI is InChI=1S/C14H27N3OS2/c1-17-4-7-19-9-12(17)13(16-15)11-2-5-18-14(8-11)3-6-20-10-14/h11-13,16H,2-10,15H2,1H3. The van der Waals surface area contributed by atoms with Crippen LogP contribution < -0.4 is 11.3 Å². The molecule has 1 spiro atoms. The van der Waals surface area contributed by atoms with Gasteiger partial charge in [-0.15, -0.1) is 0 Å². The Balaban J connectivity index is 1.68. The molecule has 0 aliphatic carbocycles. The van der Waals surface area contributed by atoms with Gasteiger partial charge >= 0.3 is 0 Å². The Hall–Kier alpha value is 0.540. The van der Waals surface area contributed by atoms with Crippen LogP contribution in [0.2, 0.25) is 0 Å². The molecule has 3 N–H and O–H groups in total. The van der Waals surface area contributed by atoms with Crippen molar-refractivity contribution in [1.82, 2.24) is 10.3 Å². The molecule has 20 heavy (non-hydrogen) atoms. The molecule has 0 bridgehead atoms. The minimum atomic E-state index is 0.156. The highest BCUT2D eigenvalue weighted by atomic mass is 32.2. The summed E-state index contributed by atoms with van der Waals surface area (Å²) in [5, 5.41) is 0. The summed E-state index contributed by atoms with van der Waals surface area (Å²) in [7, 11) is 2.25. The number of likely N-dealkylation sites (N-methyl/N-ethyl adjacent to an activating group) is 1. The largest absolute Gasteiger partial charge is 0.374 e. The van der Waals surface area contributed by atoms with Gasteiger partial charge in [0.05, 0.1) is 5.60 Å². The lowest BCUT2D eigenvalue weighted by atomic mass is 9.79. The van der Waals surface area contributed by atoms with Crippen molar-refractivity contribution in [2.24, 2.45) is 11.8 Å². The number of thioether (sulfide) groups is 2. The van der Waals surface area contributed by atoms with Crippen molar-refractivity contribution in [3.8, 4) is 0 Å². The molecular formula is C14H27N3OS2. The number of nitrogens with two attached hydrogens (primary N) is 1. The van der Waals surface area contributed by atoms with Crippen LogP contribution in [0, 0.1) is 5.92 Å². The second-order valence-corrected chi connectivity index (χ2v) is 8.66. The van der Waals surface area contributed by atoms with E-state index in [0.29, 0.717) is 18.0 Å². The van der Waals surface area contributed by atoms with Crippen LogP contribution in [0.25, 0.3) is 0 Å². The van der Waals surface area contributed by atoms with Crippen molar-refractivity contribution >= 4 is 23.5 Å². The molecule has 4 nitrogen and oxygen atoms in total. The minimum absolute atomic E-state index is 0.156. The van der Waals surface area contributed by atoms with Gasteiger partial charge in [-0.05, 0) is 38.0 Å². The third kappa shape index (κ3) is 3.15. The van der Waals surface area contributed by atoms with Crippen LogP contribution in [0.15, 0.2) is 0 Å². The third-order valence-electron chi connectivity index (χ3n) is 5.16. The lowest BCUT2D eigenvalue weighted by molar-refractivity contribution is -0.0889. The van der Waals surface area contributed by atoms with Gasteiger partial charge in [-0.3, -0.25) is 11.3 Å². The first-order valence-corrected chi connectivity index (χ1v) is 10.0. The van der Waals surface area contributed by atoms with Gasteiger partial charge < -0.3 is 9.64 Å². The molecule has 0 aromatic carbocycles. The maximum Gasteiger partial charge on any atom is 0.0783 e. The molecule has 0 amide bonds. The van der Waals surface area contributed by atoms with Crippen molar-refractivity contribution in [2.75, 3.05) is 43.2 Å². The Labute approximate surface area is 130 Å². The van der Waals surface area contributed by atoms with Gasteiger partial charge in [0.1, 0.15) is 0 Å². The van der Waals surface area contributed by atoms with Crippen LogP contribution in [0.5, 0.6) is 0 Å². The van der Waals surface area contributed by atoms with Gasteiger partial charge in [0.15, 0.2) is 0 Å². The number of rotatable bonds is 3. The van der Waals surface area contributed by atoms with Gasteiger partial charge in [-0.2, -0.15) is 23.5 Å². The van der Waals surface area contributed by atoms with E-state index in [2.05, 4.69) is 29.1 Å². The van der Waals surface area contributed by atoms with Crippen molar-refractivity contribution in [2.45, 2.75) is 36.9 Å². The summed E-state index contributed by atoms with van der Waals surface area (Å²) in [6.07, 6.45) is 3.56. The first-order chi connectivity index (χ1) is 9.74. The fourth-order valence-electron chi connectivity index (χ4n) is 3.88. The van der Waals surface area contributed by atoms with Crippen molar-refractivity contribution < 1.29 is 4.74 Å². The SMILES string of the molecule is CN1CCSCC1C(NN)C1CCOC2(CCSC2)C1. The summed E-state index contributed by atoms with van der Waals surface area (Å²) in [6, 6.07) is 0.965. The van der Waals surface area contributed by atoms with Crippen LogP contribution in [0.3, 0.4) is 0 Å². The minimum Gasteiger partial charge on any atom is -0.374 e. The average Bonchev–Trinajstić information content (AvgIpc) is 2.90. The highest BCUT2D eigenvalue weighted by molar-refractivity contribution is 7.99. The highest BCUT2D eigenvalue weighted by Gasteiger charge is 2.44. The molecular weight excluding hydrogens is 290 g/mol. The lowest BCUT2D eigenvalue weighted by Crippen LogP contribution is -2.60. The molecule has 116 valence electrons. The lowest BCUT2D eigenvalue weighted by Gasteiger charge is -2.45. The van der Waals surface area contributed by atoms with Crippen molar-refractivity contribution in [3.63, 3.8) is 0 Å². The van der Waals surface area contributed by atoms with E-state index in [0.717, 1.165) is 13.0 Å². The molecule has 0 saturated carbocycles. The molecule has 3 rings (SSSR count). The number of nitrogens with zero attached hydrogens (tertiary/aromatic N) is 1. The zero-order valence-corrected chi connectivity index (χ0v) is 14.0. The number of hydrazine groups is 1. The molecule has 3 saturated heterocycles. The van der Waals surface area contributed by atoms with E-state index < -0.39 is 0 Å². The summed E-state index contributed by atoms with van der Waals surface area (Å²) in [5.74, 6) is 11.5. The maximum absolute atomic E-state index is 6.16. The molecule has 0 radical (unpaired) electrons. The van der Waals surface area contributed by atoms with Gasteiger partial charge in [0.25, 0.3) is 0 Å². The van der Waals surface area contributed by atoms with Crippen LogP contribution in [0.4, 0.5) is 0 Å². The molecule has 3 heterocycles. The van der Waals surface area contributed by atoms with Crippen molar-refractivity contribution in [3.05, 3.63) is 0 Å². The maximum atomic E-state index is 6.16. The normalized spacial score (nSPS) is 41.1. The van der Waals surface area contributed by atoms with E-state index in [4.69, 9.17) is 10.6 Å². The zero-order chi connectivity index (χ0) is 14.0. The Kier molecular flexibility index (Phi) is 5.21. The number of hydrogen-bond donors (Lipinski definition) is 2. The summed E-state index contributed by atoms with van der Waals surface area (Å²) < 4.78 is 6.16. The predicted molar refractivity (Wildman–Crippen MR) is 88.2 cm³/mol. The molecule has 3 aliphatic heterocycles. The highest BCUT2D eigenvalue weighted by Crippen LogP contribution is 2.42. The fraction of sp³-hybridized carbons (Fsp3) is 1.00. The Morgan fingerprint density at radius 2 is 2.30 bits per heavy atom. The quantitative estimate of drug-likeness (QED) is 0.602. The topological polar surface area (TPSA) is 50.5 Å². The van der Waals surface area contributed by atoms with E-state index in [1.54, 1.807) is 0 Å². The second kappa shape index (κ2) is 6.75. The Bertz CT molecular complexity index is 326. The average molecular weight is 318 g/mol. The van der Waals surface area contributed by atoms with Gasteiger partial charge in [-0.25, -0.2) is 0 Å². The van der Waals surface area contributed by atoms with E-state index in [1.807, 2.05) is 11.8 Å². The van der Waals surface area contributed by atoms with Crippen LogP contribution >= 0.6 is 23.5 Å². The second-order valence-electron chi connectivity index (χ2n) is 6.40. The molecule has 3 aliphatic rings. The predicted octanol–water partition coefficient (Wildman–Crippen LogP) is 1.17. The summed E-state index contributed by atoms with van der Waals surface area (Å²) in [4.78, 5) is 2.49. The zero-order valence-electron chi connectivity index (χ0n) is 12.3. The molecule has 4 atom stereocenters. The first kappa shape index (κ1) is 15.4. The van der Waals surface area contributed by atoms with Crippen molar-refractivity contribution in [1.29, 1.82) is 0 Å². The molecule has 4 unspecified atom stereocenters. The Morgan fingerprint density at radius 3 is 3.00 bits per heavy atom. The van der Waals surface area contributed by atoms with E-state index in [-0.39, 0.29) is 5.60 Å². The van der Waals surface area contributed by atoms with Gasteiger partial charge in [-0.1, -0.05) is 0 Å². The van der Waals surface area contributed by atoms with E-state index >= 15 is 0 Å². The fourth-order valence-corrected chi connectivity index (χ4v) is 6.55.